The molecule has 2 aliphatic carbocycles. The van der Waals surface area contributed by atoms with E-state index in [1.165, 1.54) is 18.4 Å². The first-order valence-corrected chi connectivity index (χ1v) is 7.21. The van der Waals surface area contributed by atoms with Crippen LogP contribution in [0.3, 0.4) is 0 Å². The van der Waals surface area contributed by atoms with Crippen molar-refractivity contribution in [3.8, 4) is 5.75 Å². The number of aliphatic hydroxyl groups is 1. The van der Waals surface area contributed by atoms with E-state index in [-0.39, 0.29) is 5.41 Å². The third-order valence-corrected chi connectivity index (χ3v) is 4.70. The third kappa shape index (κ3) is 2.18. The fourth-order valence-electron chi connectivity index (χ4n) is 3.69. The Balaban J connectivity index is 1.82. The number of hydrogen-bond acceptors (Lipinski definition) is 2. The van der Waals surface area contributed by atoms with Crippen molar-refractivity contribution in [2.75, 3.05) is 0 Å². The Morgan fingerprint density at radius 2 is 2.00 bits per heavy atom. The normalized spacial score (nSPS) is 31.4. The highest BCUT2D eigenvalue weighted by atomic mass is 16.6. The van der Waals surface area contributed by atoms with Gasteiger partial charge >= 0.3 is 0 Å². The molecule has 1 aromatic rings. The molecule has 0 radical (unpaired) electrons. The Kier molecular flexibility index (Phi) is 3.14. The van der Waals surface area contributed by atoms with Crippen LogP contribution in [0.25, 0.3) is 0 Å². The van der Waals surface area contributed by atoms with Crippen LogP contribution in [0.5, 0.6) is 5.75 Å². The van der Waals surface area contributed by atoms with Gasteiger partial charge in [-0.2, -0.15) is 0 Å². The van der Waals surface area contributed by atoms with Gasteiger partial charge < -0.3 is 9.84 Å². The first-order chi connectivity index (χ1) is 9.09. The molecule has 1 aromatic carbocycles. The predicted molar refractivity (Wildman–Crippen MR) is 75.8 cm³/mol. The molecule has 102 valence electrons. The molecule has 1 N–H and O–H groups in total. The summed E-state index contributed by atoms with van der Waals surface area (Å²) < 4.78 is 5.78. The summed E-state index contributed by atoms with van der Waals surface area (Å²) in [6, 6.07) is 9.61. The van der Waals surface area contributed by atoms with E-state index in [9.17, 15) is 5.11 Å². The molecule has 0 fully saturated rings. The van der Waals surface area contributed by atoms with Gasteiger partial charge in [0.15, 0.2) is 0 Å². The van der Waals surface area contributed by atoms with Crippen molar-refractivity contribution in [2.45, 2.75) is 45.8 Å². The van der Waals surface area contributed by atoms with Crippen LogP contribution in [-0.2, 0) is 0 Å². The van der Waals surface area contributed by atoms with Crippen LogP contribution in [0.15, 0.2) is 41.5 Å². The van der Waals surface area contributed by atoms with Crippen LogP contribution in [0.1, 0.15) is 39.5 Å². The highest BCUT2D eigenvalue weighted by Crippen LogP contribution is 2.53. The average molecular weight is 258 g/mol. The van der Waals surface area contributed by atoms with Gasteiger partial charge in [-0.15, -0.1) is 0 Å². The van der Waals surface area contributed by atoms with Crippen molar-refractivity contribution in [3.05, 3.63) is 41.5 Å². The summed E-state index contributed by atoms with van der Waals surface area (Å²) >= 11 is 0. The number of allylic oxidation sites excluding steroid dienone is 1. The Morgan fingerprint density at radius 1 is 1.26 bits per heavy atom. The molecule has 0 heterocycles. The standard InChI is InChI=1S/C17H22O2/c1-12-10-13-8-9-15(13)17(2,11-12)16(18)19-14-6-4-3-5-7-14/h3-7,12,16,18H,8-11H2,1-2H3. The Labute approximate surface area is 115 Å². The van der Waals surface area contributed by atoms with E-state index < -0.39 is 6.29 Å². The average Bonchev–Trinajstić information content (AvgIpc) is 2.34. The van der Waals surface area contributed by atoms with Crippen LogP contribution < -0.4 is 4.74 Å². The highest BCUT2D eigenvalue weighted by Gasteiger charge is 2.46. The highest BCUT2D eigenvalue weighted by molar-refractivity contribution is 5.34. The lowest BCUT2D eigenvalue weighted by molar-refractivity contribution is -0.107. The summed E-state index contributed by atoms with van der Waals surface area (Å²) in [7, 11) is 0. The van der Waals surface area contributed by atoms with Crippen LogP contribution in [0, 0.1) is 11.3 Å². The molecule has 0 bridgehead atoms. The number of hydrogen-bond donors (Lipinski definition) is 1. The zero-order chi connectivity index (χ0) is 13.5. The van der Waals surface area contributed by atoms with Gasteiger partial charge in [-0.1, -0.05) is 36.3 Å². The number of ether oxygens (including phenoxy) is 1. The summed E-state index contributed by atoms with van der Waals surface area (Å²) in [5.41, 5.74) is 2.81. The second kappa shape index (κ2) is 4.68. The van der Waals surface area contributed by atoms with E-state index in [4.69, 9.17) is 4.74 Å². The number of rotatable bonds is 3. The van der Waals surface area contributed by atoms with E-state index in [2.05, 4.69) is 13.8 Å². The molecule has 2 nitrogen and oxygen atoms in total. The van der Waals surface area contributed by atoms with Crippen molar-refractivity contribution in [1.82, 2.24) is 0 Å². The molecule has 2 aliphatic rings. The largest absolute Gasteiger partial charge is 0.464 e. The lowest BCUT2D eigenvalue weighted by Gasteiger charge is -2.47. The van der Waals surface area contributed by atoms with E-state index in [1.54, 1.807) is 5.57 Å². The van der Waals surface area contributed by atoms with Gasteiger partial charge in [0.25, 0.3) is 0 Å². The number of benzene rings is 1. The number of aliphatic hydroxyl groups excluding tert-OH is 1. The fourth-order valence-corrected chi connectivity index (χ4v) is 3.69. The second-order valence-corrected chi connectivity index (χ2v) is 6.30. The topological polar surface area (TPSA) is 29.5 Å². The van der Waals surface area contributed by atoms with Crippen molar-refractivity contribution in [2.24, 2.45) is 11.3 Å². The zero-order valence-electron chi connectivity index (χ0n) is 11.7. The minimum Gasteiger partial charge on any atom is -0.464 e. The summed E-state index contributed by atoms with van der Waals surface area (Å²) in [4.78, 5) is 0. The van der Waals surface area contributed by atoms with Gasteiger partial charge in [0.1, 0.15) is 5.75 Å². The molecule has 3 rings (SSSR count). The summed E-state index contributed by atoms with van der Waals surface area (Å²) in [5.74, 6) is 1.38. The maximum absolute atomic E-state index is 10.6. The minimum absolute atomic E-state index is 0.207. The molecule has 19 heavy (non-hydrogen) atoms. The Bertz CT molecular complexity index is 491. The molecule has 2 heteroatoms. The van der Waals surface area contributed by atoms with Crippen LogP contribution in [-0.4, -0.2) is 11.4 Å². The van der Waals surface area contributed by atoms with Gasteiger partial charge in [-0.25, -0.2) is 0 Å². The fraction of sp³-hybridized carbons (Fsp3) is 0.529. The van der Waals surface area contributed by atoms with Gasteiger partial charge in [-0.05, 0) is 50.7 Å². The molecule has 0 aliphatic heterocycles. The number of para-hydroxylation sites is 1. The van der Waals surface area contributed by atoms with Crippen molar-refractivity contribution in [3.63, 3.8) is 0 Å². The molecule has 3 atom stereocenters. The van der Waals surface area contributed by atoms with Gasteiger partial charge in [-0.3, -0.25) is 0 Å². The molecule has 0 amide bonds. The minimum atomic E-state index is -0.747. The quantitative estimate of drug-likeness (QED) is 0.658. The van der Waals surface area contributed by atoms with Gasteiger partial charge in [0, 0.05) is 0 Å². The van der Waals surface area contributed by atoms with E-state index in [0.29, 0.717) is 5.92 Å². The van der Waals surface area contributed by atoms with Gasteiger partial charge in [0.05, 0.1) is 5.41 Å². The lowest BCUT2D eigenvalue weighted by atomic mass is 9.60. The molecule has 3 unspecified atom stereocenters. The lowest BCUT2D eigenvalue weighted by Crippen LogP contribution is -2.44. The maximum Gasteiger partial charge on any atom is 0.206 e. The molecule has 0 saturated carbocycles. The van der Waals surface area contributed by atoms with Crippen LogP contribution in [0.2, 0.25) is 0 Å². The van der Waals surface area contributed by atoms with Crippen molar-refractivity contribution in [1.29, 1.82) is 0 Å². The summed E-state index contributed by atoms with van der Waals surface area (Å²) in [6.07, 6.45) is 3.83. The zero-order valence-corrected chi connectivity index (χ0v) is 11.7. The Morgan fingerprint density at radius 3 is 2.63 bits per heavy atom. The molecule has 0 aromatic heterocycles. The Hall–Kier alpha value is -1.28. The third-order valence-electron chi connectivity index (χ3n) is 4.70. The maximum atomic E-state index is 10.6. The first kappa shape index (κ1) is 12.7. The van der Waals surface area contributed by atoms with Crippen LogP contribution in [0.4, 0.5) is 0 Å². The van der Waals surface area contributed by atoms with E-state index in [0.717, 1.165) is 18.6 Å². The van der Waals surface area contributed by atoms with E-state index in [1.807, 2.05) is 30.3 Å². The first-order valence-electron chi connectivity index (χ1n) is 7.21. The molecule has 0 saturated heterocycles. The van der Waals surface area contributed by atoms with Gasteiger partial charge in [0.2, 0.25) is 6.29 Å². The second-order valence-electron chi connectivity index (χ2n) is 6.30. The van der Waals surface area contributed by atoms with Crippen molar-refractivity contribution < 1.29 is 9.84 Å². The van der Waals surface area contributed by atoms with Crippen LogP contribution >= 0.6 is 0 Å². The molecular formula is C17H22O2. The molecule has 0 spiro atoms. The summed E-state index contributed by atoms with van der Waals surface area (Å²) in [5, 5.41) is 10.6. The van der Waals surface area contributed by atoms with E-state index >= 15 is 0 Å². The molecular weight excluding hydrogens is 236 g/mol. The summed E-state index contributed by atoms with van der Waals surface area (Å²) in [6.45, 7) is 4.43. The smallest absolute Gasteiger partial charge is 0.206 e. The SMILES string of the molecule is CC1CC2=C(CC2)C(C)(C(O)Oc2ccccc2)C1. The monoisotopic (exact) mass is 258 g/mol. The van der Waals surface area contributed by atoms with Crippen molar-refractivity contribution >= 4 is 0 Å². The predicted octanol–water partition coefficient (Wildman–Crippen LogP) is 3.91.